The average molecular weight is 189 g/mol. The van der Waals surface area contributed by atoms with Crippen LogP contribution in [0.1, 0.15) is 5.69 Å². The Morgan fingerprint density at radius 2 is 2.21 bits per heavy atom. The second-order valence-corrected chi connectivity index (χ2v) is 3.00. The van der Waals surface area contributed by atoms with Crippen LogP contribution < -0.4 is 4.74 Å². The standard InChI is InChI=1S/C10H11N3O/c1-7-6-12-10(13-7)9-5-8(14-2)3-4-11-9/h3-6H,1-2H3,(H,12,13). The number of imidazole rings is 1. The highest BCUT2D eigenvalue weighted by atomic mass is 16.5. The largest absolute Gasteiger partial charge is 0.497 e. The summed E-state index contributed by atoms with van der Waals surface area (Å²) in [5, 5.41) is 0. The first kappa shape index (κ1) is 8.74. The number of hydrogen-bond donors (Lipinski definition) is 1. The van der Waals surface area contributed by atoms with E-state index < -0.39 is 0 Å². The Morgan fingerprint density at radius 1 is 1.36 bits per heavy atom. The summed E-state index contributed by atoms with van der Waals surface area (Å²) in [4.78, 5) is 11.5. The third kappa shape index (κ3) is 1.59. The van der Waals surface area contributed by atoms with Crippen LogP contribution in [0.2, 0.25) is 0 Å². The van der Waals surface area contributed by atoms with Crippen LogP contribution in [0.4, 0.5) is 0 Å². The van der Waals surface area contributed by atoms with Crippen molar-refractivity contribution in [2.45, 2.75) is 6.92 Å². The third-order valence-corrected chi connectivity index (χ3v) is 1.91. The summed E-state index contributed by atoms with van der Waals surface area (Å²) >= 11 is 0. The van der Waals surface area contributed by atoms with Gasteiger partial charge >= 0.3 is 0 Å². The maximum Gasteiger partial charge on any atom is 0.156 e. The first-order chi connectivity index (χ1) is 6.79. The van der Waals surface area contributed by atoms with Gasteiger partial charge in [-0.1, -0.05) is 0 Å². The molecule has 4 heteroatoms. The minimum Gasteiger partial charge on any atom is -0.497 e. The molecule has 0 unspecified atom stereocenters. The van der Waals surface area contributed by atoms with Gasteiger partial charge in [0, 0.05) is 24.2 Å². The summed E-state index contributed by atoms with van der Waals surface area (Å²) in [5.41, 5.74) is 1.81. The van der Waals surface area contributed by atoms with Crippen LogP contribution >= 0.6 is 0 Å². The van der Waals surface area contributed by atoms with E-state index in [4.69, 9.17) is 4.74 Å². The van der Waals surface area contributed by atoms with Gasteiger partial charge in [-0.3, -0.25) is 4.98 Å². The molecular weight excluding hydrogens is 178 g/mol. The fourth-order valence-corrected chi connectivity index (χ4v) is 1.21. The third-order valence-electron chi connectivity index (χ3n) is 1.91. The summed E-state index contributed by atoms with van der Waals surface area (Å²) < 4.78 is 5.10. The van der Waals surface area contributed by atoms with Crippen LogP contribution in [0.25, 0.3) is 11.5 Å². The molecule has 0 spiro atoms. The van der Waals surface area contributed by atoms with E-state index in [9.17, 15) is 0 Å². The number of nitrogens with one attached hydrogen (secondary N) is 1. The maximum atomic E-state index is 5.10. The Balaban J connectivity index is 2.41. The zero-order valence-electron chi connectivity index (χ0n) is 8.11. The topological polar surface area (TPSA) is 50.8 Å². The fraction of sp³-hybridized carbons (Fsp3) is 0.200. The van der Waals surface area contributed by atoms with Crippen molar-refractivity contribution in [3.05, 3.63) is 30.2 Å². The van der Waals surface area contributed by atoms with Crippen molar-refractivity contribution in [1.82, 2.24) is 15.0 Å². The van der Waals surface area contributed by atoms with Crippen molar-refractivity contribution < 1.29 is 4.74 Å². The van der Waals surface area contributed by atoms with Gasteiger partial charge in [-0.15, -0.1) is 0 Å². The van der Waals surface area contributed by atoms with Crippen LogP contribution in [0, 0.1) is 6.92 Å². The van der Waals surface area contributed by atoms with E-state index in [1.807, 2.05) is 13.0 Å². The van der Waals surface area contributed by atoms with Crippen LogP contribution in [0.3, 0.4) is 0 Å². The number of hydrogen-bond acceptors (Lipinski definition) is 3. The van der Waals surface area contributed by atoms with Crippen LogP contribution in [0.5, 0.6) is 5.75 Å². The number of aryl methyl sites for hydroxylation is 1. The molecule has 0 atom stereocenters. The van der Waals surface area contributed by atoms with Crippen molar-refractivity contribution in [2.75, 3.05) is 7.11 Å². The molecule has 0 saturated carbocycles. The number of H-pyrrole nitrogens is 1. The molecule has 0 aliphatic heterocycles. The molecule has 2 rings (SSSR count). The highest BCUT2D eigenvalue weighted by Gasteiger charge is 2.03. The maximum absolute atomic E-state index is 5.10. The predicted octanol–water partition coefficient (Wildman–Crippen LogP) is 1.79. The first-order valence-electron chi connectivity index (χ1n) is 4.31. The summed E-state index contributed by atoms with van der Waals surface area (Å²) in [6, 6.07) is 3.65. The molecule has 0 aromatic carbocycles. The lowest BCUT2D eigenvalue weighted by molar-refractivity contribution is 0.414. The number of rotatable bonds is 2. The zero-order chi connectivity index (χ0) is 9.97. The second kappa shape index (κ2) is 3.49. The lowest BCUT2D eigenvalue weighted by Gasteiger charge is -2.00. The summed E-state index contributed by atoms with van der Waals surface area (Å²) in [5.74, 6) is 1.55. The highest BCUT2D eigenvalue weighted by Crippen LogP contribution is 2.17. The van der Waals surface area contributed by atoms with Crippen LogP contribution in [0.15, 0.2) is 24.5 Å². The molecule has 0 fully saturated rings. The first-order valence-corrected chi connectivity index (χ1v) is 4.31. The minimum atomic E-state index is 0.765. The number of nitrogens with zero attached hydrogens (tertiary/aromatic N) is 2. The Morgan fingerprint density at radius 3 is 2.86 bits per heavy atom. The molecule has 0 aliphatic carbocycles. The number of ether oxygens (including phenoxy) is 1. The van der Waals surface area contributed by atoms with E-state index in [0.29, 0.717) is 0 Å². The van der Waals surface area contributed by atoms with Crippen molar-refractivity contribution in [2.24, 2.45) is 0 Å². The van der Waals surface area contributed by atoms with E-state index in [1.165, 1.54) is 0 Å². The van der Waals surface area contributed by atoms with Gasteiger partial charge in [-0.05, 0) is 13.0 Å². The molecule has 0 amide bonds. The molecule has 14 heavy (non-hydrogen) atoms. The van der Waals surface area contributed by atoms with E-state index in [-0.39, 0.29) is 0 Å². The average Bonchev–Trinajstić information content (AvgIpc) is 2.65. The molecular formula is C10H11N3O. The number of aromatic nitrogens is 3. The molecule has 2 aromatic heterocycles. The van der Waals surface area contributed by atoms with Gasteiger partial charge in [0.05, 0.1) is 7.11 Å². The Hall–Kier alpha value is -1.84. The molecule has 4 nitrogen and oxygen atoms in total. The lowest BCUT2D eigenvalue weighted by Crippen LogP contribution is -1.88. The quantitative estimate of drug-likeness (QED) is 0.783. The number of aromatic amines is 1. The smallest absolute Gasteiger partial charge is 0.156 e. The van der Waals surface area contributed by atoms with E-state index in [0.717, 1.165) is 23.0 Å². The number of methoxy groups -OCH3 is 1. The van der Waals surface area contributed by atoms with E-state index >= 15 is 0 Å². The van der Waals surface area contributed by atoms with Crippen molar-refractivity contribution >= 4 is 0 Å². The SMILES string of the molecule is COc1ccnc(-c2ncc(C)[nH]2)c1. The van der Waals surface area contributed by atoms with Gasteiger partial charge in [-0.2, -0.15) is 0 Å². The van der Waals surface area contributed by atoms with Gasteiger partial charge in [0.1, 0.15) is 11.4 Å². The lowest BCUT2D eigenvalue weighted by atomic mass is 10.3. The van der Waals surface area contributed by atoms with Crippen molar-refractivity contribution in [3.8, 4) is 17.3 Å². The molecule has 2 aromatic rings. The minimum absolute atomic E-state index is 0.765. The fourth-order valence-electron chi connectivity index (χ4n) is 1.21. The highest BCUT2D eigenvalue weighted by molar-refractivity contribution is 5.51. The Bertz CT molecular complexity index is 436. The molecule has 0 aliphatic rings. The summed E-state index contributed by atoms with van der Waals surface area (Å²) in [7, 11) is 1.63. The van der Waals surface area contributed by atoms with Gasteiger partial charge in [0.25, 0.3) is 0 Å². The Kier molecular flexibility index (Phi) is 2.18. The molecule has 2 heterocycles. The molecule has 0 saturated heterocycles. The van der Waals surface area contributed by atoms with Crippen molar-refractivity contribution in [1.29, 1.82) is 0 Å². The molecule has 0 radical (unpaired) electrons. The van der Waals surface area contributed by atoms with Gasteiger partial charge in [0.15, 0.2) is 5.82 Å². The van der Waals surface area contributed by atoms with Gasteiger partial charge in [-0.25, -0.2) is 4.98 Å². The predicted molar refractivity (Wildman–Crippen MR) is 53.1 cm³/mol. The van der Waals surface area contributed by atoms with Crippen LogP contribution in [-0.4, -0.2) is 22.1 Å². The zero-order valence-corrected chi connectivity index (χ0v) is 8.11. The molecule has 0 bridgehead atoms. The van der Waals surface area contributed by atoms with E-state index in [2.05, 4.69) is 15.0 Å². The summed E-state index contributed by atoms with van der Waals surface area (Å²) in [6.45, 7) is 1.96. The molecule has 72 valence electrons. The molecule has 1 N–H and O–H groups in total. The monoisotopic (exact) mass is 189 g/mol. The number of pyridine rings is 1. The second-order valence-electron chi connectivity index (χ2n) is 3.00. The van der Waals surface area contributed by atoms with Gasteiger partial charge in [0.2, 0.25) is 0 Å². The van der Waals surface area contributed by atoms with Gasteiger partial charge < -0.3 is 9.72 Å². The van der Waals surface area contributed by atoms with Crippen molar-refractivity contribution in [3.63, 3.8) is 0 Å². The summed E-state index contributed by atoms with van der Waals surface area (Å²) in [6.07, 6.45) is 3.47. The normalized spacial score (nSPS) is 10.1. The van der Waals surface area contributed by atoms with Crippen LogP contribution in [-0.2, 0) is 0 Å². The van der Waals surface area contributed by atoms with E-state index in [1.54, 1.807) is 25.6 Å². The Labute approximate surface area is 82.0 Å².